The SMILES string of the molecule is NNC(c1cncc(F)c1)c1ccc2c(c1)CCO2. The first kappa shape index (κ1) is 12.1. The zero-order valence-electron chi connectivity index (χ0n) is 10.3. The lowest BCUT2D eigenvalue weighted by atomic mass is 9.98. The van der Waals surface area contributed by atoms with Crippen LogP contribution in [0.25, 0.3) is 0 Å². The quantitative estimate of drug-likeness (QED) is 0.650. The number of aromatic nitrogens is 1. The fourth-order valence-corrected chi connectivity index (χ4v) is 2.36. The molecule has 19 heavy (non-hydrogen) atoms. The molecule has 0 fully saturated rings. The normalized spacial score (nSPS) is 14.8. The highest BCUT2D eigenvalue weighted by atomic mass is 19.1. The van der Waals surface area contributed by atoms with Crippen molar-refractivity contribution in [2.45, 2.75) is 12.5 Å². The third-order valence-corrected chi connectivity index (χ3v) is 3.27. The van der Waals surface area contributed by atoms with Crippen LogP contribution >= 0.6 is 0 Å². The minimum atomic E-state index is -0.373. The summed E-state index contributed by atoms with van der Waals surface area (Å²) in [7, 11) is 0. The molecule has 4 nitrogen and oxygen atoms in total. The Bertz CT molecular complexity index is 603. The molecule has 0 saturated carbocycles. The lowest BCUT2D eigenvalue weighted by Crippen LogP contribution is -2.29. The number of ether oxygens (including phenoxy) is 1. The van der Waals surface area contributed by atoms with Gasteiger partial charge in [-0.15, -0.1) is 0 Å². The van der Waals surface area contributed by atoms with Crippen LogP contribution in [0.5, 0.6) is 5.75 Å². The van der Waals surface area contributed by atoms with E-state index in [1.54, 1.807) is 6.20 Å². The van der Waals surface area contributed by atoms with E-state index in [-0.39, 0.29) is 11.9 Å². The van der Waals surface area contributed by atoms with Gasteiger partial charge in [0, 0.05) is 12.6 Å². The van der Waals surface area contributed by atoms with Crippen molar-refractivity contribution in [3.05, 3.63) is 59.2 Å². The molecule has 1 aliphatic rings. The lowest BCUT2D eigenvalue weighted by Gasteiger charge is -2.17. The number of halogens is 1. The van der Waals surface area contributed by atoms with Gasteiger partial charge in [-0.25, -0.2) is 9.82 Å². The predicted octanol–water partition coefficient (Wildman–Crippen LogP) is 1.71. The number of nitrogens with zero attached hydrogens (tertiary/aromatic N) is 1. The highest BCUT2D eigenvalue weighted by Gasteiger charge is 2.18. The van der Waals surface area contributed by atoms with Crippen molar-refractivity contribution in [2.75, 3.05) is 6.61 Å². The number of rotatable bonds is 3. The van der Waals surface area contributed by atoms with Crippen LogP contribution in [0.1, 0.15) is 22.7 Å². The van der Waals surface area contributed by atoms with Gasteiger partial charge in [0.2, 0.25) is 0 Å². The number of benzene rings is 1. The number of pyridine rings is 1. The van der Waals surface area contributed by atoms with Gasteiger partial charge in [-0.1, -0.05) is 12.1 Å². The molecule has 3 N–H and O–H groups in total. The molecule has 3 rings (SSSR count). The molecule has 1 atom stereocenters. The summed E-state index contributed by atoms with van der Waals surface area (Å²) in [4.78, 5) is 3.86. The van der Waals surface area contributed by atoms with Crippen molar-refractivity contribution in [2.24, 2.45) is 5.84 Å². The Kier molecular flexibility index (Phi) is 3.15. The van der Waals surface area contributed by atoms with Crippen LogP contribution in [-0.2, 0) is 6.42 Å². The number of nitrogens with two attached hydrogens (primary N) is 1. The molecule has 1 aromatic carbocycles. The Balaban J connectivity index is 1.98. The fraction of sp³-hybridized carbons (Fsp3) is 0.214. The molecular weight excluding hydrogens is 245 g/mol. The van der Waals surface area contributed by atoms with E-state index in [1.807, 2.05) is 18.2 Å². The van der Waals surface area contributed by atoms with Gasteiger partial charge in [0.1, 0.15) is 11.6 Å². The molecule has 0 saturated heterocycles. The Morgan fingerprint density at radius 3 is 2.95 bits per heavy atom. The van der Waals surface area contributed by atoms with E-state index in [0.717, 1.165) is 23.3 Å². The summed E-state index contributed by atoms with van der Waals surface area (Å²) in [6.07, 6.45) is 3.67. The molecule has 5 heteroatoms. The van der Waals surface area contributed by atoms with E-state index < -0.39 is 0 Å². The molecule has 2 heterocycles. The van der Waals surface area contributed by atoms with Crippen molar-refractivity contribution < 1.29 is 9.13 Å². The topological polar surface area (TPSA) is 60.2 Å². The molecule has 0 radical (unpaired) electrons. The van der Waals surface area contributed by atoms with Gasteiger partial charge in [0.15, 0.2) is 0 Å². The van der Waals surface area contributed by atoms with Gasteiger partial charge in [0.05, 0.1) is 18.8 Å². The first-order valence-electron chi connectivity index (χ1n) is 6.10. The van der Waals surface area contributed by atoms with Crippen LogP contribution in [0.2, 0.25) is 0 Å². The number of fused-ring (bicyclic) bond motifs is 1. The Morgan fingerprint density at radius 1 is 1.26 bits per heavy atom. The minimum Gasteiger partial charge on any atom is -0.493 e. The van der Waals surface area contributed by atoms with Crippen LogP contribution in [0, 0.1) is 5.82 Å². The molecule has 0 amide bonds. The smallest absolute Gasteiger partial charge is 0.141 e. The number of hydrazine groups is 1. The van der Waals surface area contributed by atoms with Crippen LogP contribution in [0.4, 0.5) is 4.39 Å². The minimum absolute atomic E-state index is 0.283. The third-order valence-electron chi connectivity index (χ3n) is 3.27. The van der Waals surface area contributed by atoms with E-state index in [9.17, 15) is 4.39 Å². The summed E-state index contributed by atoms with van der Waals surface area (Å²) >= 11 is 0. The van der Waals surface area contributed by atoms with Crippen molar-refractivity contribution in [1.82, 2.24) is 10.4 Å². The maximum absolute atomic E-state index is 13.2. The maximum atomic E-state index is 13.2. The van der Waals surface area contributed by atoms with Crippen molar-refractivity contribution in [3.8, 4) is 5.75 Å². The van der Waals surface area contributed by atoms with Crippen LogP contribution in [0.15, 0.2) is 36.7 Å². The molecule has 0 spiro atoms. The lowest BCUT2D eigenvalue weighted by molar-refractivity contribution is 0.357. The van der Waals surface area contributed by atoms with E-state index in [0.29, 0.717) is 12.2 Å². The monoisotopic (exact) mass is 259 g/mol. The van der Waals surface area contributed by atoms with Crippen LogP contribution in [-0.4, -0.2) is 11.6 Å². The molecule has 0 aliphatic carbocycles. The molecule has 0 bridgehead atoms. The second-order valence-corrected chi connectivity index (χ2v) is 4.50. The van der Waals surface area contributed by atoms with Crippen molar-refractivity contribution in [1.29, 1.82) is 0 Å². The van der Waals surface area contributed by atoms with Gasteiger partial charge < -0.3 is 4.74 Å². The molecule has 1 aliphatic heterocycles. The summed E-state index contributed by atoms with van der Waals surface area (Å²) in [6, 6.07) is 7.04. The second kappa shape index (κ2) is 4.95. The Labute approximate surface area is 110 Å². The van der Waals surface area contributed by atoms with Gasteiger partial charge >= 0.3 is 0 Å². The van der Waals surface area contributed by atoms with Gasteiger partial charge in [-0.3, -0.25) is 10.8 Å². The van der Waals surface area contributed by atoms with Crippen molar-refractivity contribution >= 4 is 0 Å². The van der Waals surface area contributed by atoms with E-state index in [1.165, 1.54) is 12.3 Å². The average molecular weight is 259 g/mol. The van der Waals surface area contributed by atoms with E-state index in [4.69, 9.17) is 10.6 Å². The first-order chi connectivity index (χ1) is 9.28. The largest absolute Gasteiger partial charge is 0.493 e. The molecule has 1 unspecified atom stereocenters. The predicted molar refractivity (Wildman–Crippen MR) is 69.0 cm³/mol. The zero-order valence-corrected chi connectivity index (χ0v) is 10.3. The highest BCUT2D eigenvalue weighted by molar-refractivity contribution is 5.43. The van der Waals surface area contributed by atoms with Gasteiger partial charge in [-0.2, -0.15) is 0 Å². The zero-order chi connectivity index (χ0) is 13.2. The van der Waals surface area contributed by atoms with Crippen molar-refractivity contribution in [3.63, 3.8) is 0 Å². The van der Waals surface area contributed by atoms with Crippen LogP contribution in [0.3, 0.4) is 0 Å². The average Bonchev–Trinajstić information content (AvgIpc) is 2.87. The molecule has 2 aromatic rings. The summed E-state index contributed by atoms with van der Waals surface area (Å²) in [6.45, 7) is 0.709. The maximum Gasteiger partial charge on any atom is 0.141 e. The summed E-state index contributed by atoms with van der Waals surface area (Å²) in [5, 5.41) is 0. The molecular formula is C14H14FN3O. The Morgan fingerprint density at radius 2 is 2.16 bits per heavy atom. The molecule has 1 aromatic heterocycles. The second-order valence-electron chi connectivity index (χ2n) is 4.50. The summed E-state index contributed by atoms with van der Waals surface area (Å²) in [5.41, 5.74) is 5.53. The van der Waals surface area contributed by atoms with E-state index in [2.05, 4.69) is 10.4 Å². The third kappa shape index (κ3) is 2.30. The fourth-order valence-electron chi connectivity index (χ4n) is 2.36. The van der Waals surface area contributed by atoms with Crippen LogP contribution < -0.4 is 16.0 Å². The summed E-state index contributed by atoms with van der Waals surface area (Å²) in [5.74, 6) is 6.14. The molecule has 98 valence electrons. The van der Waals surface area contributed by atoms with E-state index >= 15 is 0 Å². The Hall–Kier alpha value is -1.98. The number of hydrogen-bond donors (Lipinski definition) is 2. The number of hydrogen-bond acceptors (Lipinski definition) is 4. The highest BCUT2D eigenvalue weighted by Crippen LogP contribution is 2.30. The standard InChI is InChI=1S/C14H14FN3O/c15-12-6-11(7-17-8-12)14(18-16)10-1-2-13-9(5-10)3-4-19-13/h1-2,5-8,14,18H,3-4,16H2. The summed E-state index contributed by atoms with van der Waals surface area (Å²) < 4.78 is 18.7. The first-order valence-corrected chi connectivity index (χ1v) is 6.10. The number of nitrogens with one attached hydrogen (secondary N) is 1. The van der Waals surface area contributed by atoms with Gasteiger partial charge in [-0.05, 0) is 28.8 Å². The van der Waals surface area contributed by atoms with Gasteiger partial charge in [0.25, 0.3) is 0 Å².